The van der Waals surface area contributed by atoms with Gasteiger partial charge in [-0.3, -0.25) is 5.43 Å². The standard InChI is InChI=1S/C13H15N3OS/c1-3-17-12-6-4-5-11(7-12)8-14-16-13-15-10(2)9-18-13/h4-9H,3H2,1-2H3,(H,15,16)/b14-8-. The summed E-state index contributed by atoms with van der Waals surface area (Å²) in [4.78, 5) is 4.26. The molecule has 18 heavy (non-hydrogen) atoms. The number of rotatable bonds is 5. The lowest BCUT2D eigenvalue weighted by Crippen LogP contribution is -1.93. The molecule has 0 aliphatic rings. The predicted molar refractivity (Wildman–Crippen MR) is 75.7 cm³/mol. The summed E-state index contributed by atoms with van der Waals surface area (Å²) in [6.07, 6.45) is 1.75. The van der Waals surface area contributed by atoms with E-state index in [4.69, 9.17) is 4.74 Å². The second-order valence-corrected chi connectivity index (χ2v) is 4.53. The molecule has 0 saturated carbocycles. The molecule has 1 aromatic heterocycles. The van der Waals surface area contributed by atoms with E-state index in [0.717, 1.165) is 22.1 Å². The van der Waals surface area contributed by atoms with E-state index in [2.05, 4.69) is 15.5 Å². The number of hydrazone groups is 1. The average molecular weight is 261 g/mol. The zero-order chi connectivity index (χ0) is 12.8. The van der Waals surface area contributed by atoms with Gasteiger partial charge in [0, 0.05) is 5.38 Å². The quantitative estimate of drug-likeness (QED) is 0.663. The van der Waals surface area contributed by atoms with Gasteiger partial charge in [-0.25, -0.2) is 4.98 Å². The third-order valence-electron chi connectivity index (χ3n) is 2.16. The number of aromatic nitrogens is 1. The zero-order valence-electron chi connectivity index (χ0n) is 10.4. The summed E-state index contributed by atoms with van der Waals surface area (Å²) >= 11 is 1.54. The first-order valence-corrected chi connectivity index (χ1v) is 6.60. The molecule has 0 radical (unpaired) electrons. The Balaban J connectivity index is 1.98. The first-order valence-electron chi connectivity index (χ1n) is 5.72. The summed E-state index contributed by atoms with van der Waals surface area (Å²) in [5.41, 5.74) is 4.89. The van der Waals surface area contributed by atoms with Crippen LogP contribution < -0.4 is 10.2 Å². The number of anilines is 1. The van der Waals surface area contributed by atoms with Crippen molar-refractivity contribution >= 4 is 22.7 Å². The molecule has 0 unspecified atom stereocenters. The second-order valence-electron chi connectivity index (χ2n) is 3.67. The van der Waals surface area contributed by atoms with Crippen LogP contribution in [0, 0.1) is 6.92 Å². The molecule has 1 aromatic carbocycles. The van der Waals surface area contributed by atoms with Crippen molar-refractivity contribution in [3.8, 4) is 5.75 Å². The minimum atomic E-state index is 0.664. The van der Waals surface area contributed by atoms with Crippen LogP contribution in [-0.2, 0) is 0 Å². The molecule has 0 spiro atoms. The van der Waals surface area contributed by atoms with E-state index in [-0.39, 0.29) is 0 Å². The molecule has 0 fully saturated rings. The smallest absolute Gasteiger partial charge is 0.203 e. The highest BCUT2D eigenvalue weighted by molar-refractivity contribution is 7.13. The van der Waals surface area contributed by atoms with E-state index in [1.165, 1.54) is 11.3 Å². The van der Waals surface area contributed by atoms with Crippen LogP contribution in [0.25, 0.3) is 0 Å². The Bertz CT molecular complexity index is 537. The monoisotopic (exact) mass is 261 g/mol. The lowest BCUT2D eigenvalue weighted by atomic mass is 10.2. The van der Waals surface area contributed by atoms with Crippen LogP contribution in [0.5, 0.6) is 5.75 Å². The van der Waals surface area contributed by atoms with Crippen LogP contribution in [0.15, 0.2) is 34.7 Å². The van der Waals surface area contributed by atoms with Crippen LogP contribution in [0.1, 0.15) is 18.2 Å². The van der Waals surface area contributed by atoms with Crippen molar-refractivity contribution in [1.29, 1.82) is 0 Å². The molecule has 1 heterocycles. The SMILES string of the molecule is CCOc1cccc(/C=N\Nc2nc(C)cs2)c1. The van der Waals surface area contributed by atoms with Crippen molar-refractivity contribution in [2.75, 3.05) is 12.0 Å². The zero-order valence-corrected chi connectivity index (χ0v) is 11.2. The maximum atomic E-state index is 5.42. The van der Waals surface area contributed by atoms with Crippen LogP contribution in [-0.4, -0.2) is 17.8 Å². The predicted octanol–water partition coefficient (Wildman–Crippen LogP) is 3.30. The molecule has 5 heteroatoms. The molecule has 2 aromatic rings. The third kappa shape index (κ3) is 3.56. The normalized spacial score (nSPS) is 10.8. The van der Waals surface area contributed by atoms with Gasteiger partial charge in [0.05, 0.1) is 18.5 Å². The minimum absolute atomic E-state index is 0.664. The number of hydrogen-bond donors (Lipinski definition) is 1. The van der Waals surface area contributed by atoms with Gasteiger partial charge in [-0.2, -0.15) is 5.10 Å². The van der Waals surface area contributed by atoms with Crippen molar-refractivity contribution in [2.45, 2.75) is 13.8 Å². The molecule has 0 amide bonds. The summed E-state index contributed by atoms with van der Waals surface area (Å²) in [5.74, 6) is 0.853. The lowest BCUT2D eigenvalue weighted by molar-refractivity contribution is 0.340. The fourth-order valence-electron chi connectivity index (χ4n) is 1.42. The van der Waals surface area contributed by atoms with E-state index >= 15 is 0 Å². The van der Waals surface area contributed by atoms with Gasteiger partial charge in [-0.1, -0.05) is 12.1 Å². The van der Waals surface area contributed by atoms with Crippen LogP contribution in [0.3, 0.4) is 0 Å². The summed E-state index contributed by atoms with van der Waals surface area (Å²) < 4.78 is 5.42. The number of nitrogens with one attached hydrogen (secondary N) is 1. The van der Waals surface area contributed by atoms with E-state index < -0.39 is 0 Å². The van der Waals surface area contributed by atoms with E-state index in [1.54, 1.807) is 6.21 Å². The first kappa shape index (κ1) is 12.6. The van der Waals surface area contributed by atoms with Gasteiger partial charge in [-0.05, 0) is 31.5 Å². The molecule has 0 aliphatic carbocycles. The van der Waals surface area contributed by atoms with Gasteiger partial charge >= 0.3 is 0 Å². The Labute approximate surface area is 110 Å². The Hall–Kier alpha value is -1.88. The third-order valence-corrected chi connectivity index (χ3v) is 3.03. The van der Waals surface area contributed by atoms with Crippen LogP contribution in [0.4, 0.5) is 5.13 Å². The number of hydrogen-bond acceptors (Lipinski definition) is 5. The van der Waals surface area contributed by atoms with Crippen molar-refractivity contribution in [3.05, 3.63) is 40.9 Å². The van der Waals surface area contributed by atoms with Gasteiger partial charge < -0.3 is 4.74 Å². The Morgan fingerprint density at radius 2 is 2.39 bits per heavy atom. The number of thiazole rings is 1. The number of nitrogens with zero attached hydrogens (tertiary/aromatic N) is 2. The topological polar surface area (TPSA) is 46.5 Å². The molecule has 1 N–H and O–H groups in total. The molecule has 94 valence electrons. The molecule has 0 bridgehead atoms. The summed E-state index contributed by atoms with van der Waals surface area (Å²) in [5, 5.41) is 6.92. The molecule has 4 nitrogen and oxygen atoms in total. The van der Waals surface area contributed by atoms with Crippen molar-refractivity contribution in [3.63, 3.8) is 0 Å². The van der Waals surface area contributed by atoms with Crippen molar-refractivity contribution in [1.82, 2.24) is 4.98 Å². The van der Waals surface area contributed by atoms with Gasteiger partial charge in [0.2, 0.25) is 5.13 Å². The summed E-state index contributed by atoms with van der Waals surface area (Å²) in [6, 6.07) is 7.79. The highest BCUT2D eigenvalue weighted by Crippen LogP contribution is 2.14. The summed E-state index contributed by atoms with van der Waals surface area (Å²) in [7, 11) is 0. The molecular weight excluding hydrogens is 246 g/mol. The second kappa shape index (κ2) is 6.16. The Morgan fingerprint density at radius 1 is 1.50 bits per heavy atom. The van der Waals surface area contributed by atoms with Gasteiger partial charge in [0.1, 0.15) is 5.75 Å². The minimum Gasteiger partial charge on any atom is -0.494 e. The van der Waals surface area contributed by atoms with Gasteiger partial charge in [0.25, 0.3) is 0 Å². The first-order chi connectivity index (χ1) is 8.78. The Morgan fingerprint density at radius 3 is 3.11 bits per heavy atom. The molecule has 0 saturated heterocycles. The highest BCUT2D eigenvalue weighted by Gasteiger charge is 1.95. The molecule has 2 rings (SSSR count). The van der Waals surface area contributed by atoms with Crippen LogP contribution in [0.2, 0.25) is 0 Å². The number of ether oxygens (including phenoxy) is 1. The highest BCUT2D eigenvalue weighted by atomic mass is 32.1. The van der Waals surface area contributed by atoms with E-state index in [1.807, 2.05) is 43.5 Å². The maximum Gasteiger partial charge on any atom is 0.203 e. The van der Waals surface area contributed by atoms with Crippen molar-refractivity contribution < 1.29 is 4.74 Å². The van der Waals surface area contributed by atoms with E-state index in [0.29, 0.717) is 6.61 Å². The van der Waals surface area contributed by atoms with Crippen molar-refractivity contribution in [2.24, 2.45) is 5.10 Å². The molecular formula is C13H15N3OS. The lowest BCUT2D eigenvalue weighted by Gasteiger charge is -2.02. The van der Waals surface area contributed by atoms with Crippen LogP contribution >= 0.6 is 11.3 Å². The molecule has 0 atom stereocenters. The Kier molecular flexibility index (Phi) is 4.30. The van der Waals surface area contributed by atoms with Gasteiger partial charge in [-0.15, -0.1) is 11.3 Å². The number of benzene rings is 1. The fourth-order valence-corrected chi connectivity index (χ4v) is 2.06. The largest absolute Gasteiger partial charge is 0.494 e. The number of aryl methyl sites for hydroxylation is 1. The molecule has 0 aliphatic heterocycles. The van der Waals surface area contributed by atoms with E-state index in [9.17, 15) is 0 Å². The fraction of sp³-hybridized carbons (Fsp3) is 0.231. The van der Waals surface area contributed by atoms with Gasteiger partial charge in [0.15, 0.2) is 0 Å². The average Bonchev–Trinajstić information content (AvgIpc) is 2.76. The maximum absolute atomic E-state index is 5.42. The summed E-state index contributed by atoms with van der Waals surface area (Å²) in [6.45, 7) is 4.58.